The Bertz CT molecular complexity index is 651. The van der Waals surface area contributed by atoms with Crippen molar-refractivity contribution in [2.45, 2.75) is 39.2 Å². The SMILES string of the molecule is Cc1cccc(C)c1NC(=O)CCCNC(CCO)c1ccccc1. The van der Waals surface area contributed by atoms with Gasteiger partial charge in [0.05, 0.1) is 0 Å². The van der Waals surface area contributed by atoms with Gasteiger partial charge in [0.25, 0.3) is 0 Å². The average molecular weight is 340 g/mol. The van der Waals surface area contributed by atoms with E-state index < -0.39 is 0 Å². The molecule has 4 nitrogen and oxygen atoms in total. The maximum atomic E-state index is 12.2. The normalized spacial score (nSPS) is 12.0. The van der Waals surface area contributed by atoms with Crippen LogP contribution in [0.4, 0.5) is 5.69 Å². The molecular formula is C21H28N2O2. The van der Waals surface area contributed by atoms with E-state index in [1.54, 1.807) is 0 Å². The molecular weight excluding hydrogens is 312 g/mol. The van der Waals surface area contributed by atoms with Crippen molar-refractivity contribution in [3.05, 3.63) is 65.2 Å². The lowest BCUT2D eigenvalue weighted by Crippen LogP contribution is -2.24. The molecule has 3 N–H and O–H groups in total. The van der Waals surface area contributed by atoms with Crippen LogP contribution in [0.2, 0.25) is 0 Å². The van der Waals surface area contributed by atoms with Gasteiger partial charge in [-0.2, -0.15) is 0 Å². The molecule has 4 heteroatoms. The van der Waals surface area contributed by atoms with Crippen molar-refractivity contribution in [2.75, 3.05) is 18.5 Å². The number of aryl methyl sites for hydroxylation is 2. The number of nitrogens with one attached hydrogen (secondary N) is 2. The van der Waals surface area contributed by atoms with Crippen LogP contribution in [0.25, 0.3) is 0 Å². The molecule has 0 aromatic heterocycles. The van der Waals surface area contributed by atoms with Gasteiger partial charge in [-0.3, -0.25) is 4.79 Å². The number of carbonyl (C=O) groups excluding carboxylic acids is 1. The maximum Gasteiger partial charge on any atom is 0.224 e. The van der Waals surface area contributed by atoms with E-state index in [1.807, 2.05) is 50.2 Å². The predicted molar refractivity (Wildman–Crippen MR) is 103 cm³/mol. The molecule has 0 heterocycles. The van der Waals surface area contributed by atoms with Crippen LogP contribution in [0.1, 0.15) is 42.0 Å². The molecule has 0 saturated carbocycles. The van der Waals surface area contributed by atoms with Crippen molar-refractivity contribution in [2.24, 2.45) is 0 Å². The number of benzene rings is 2. The standard InChI is InChI=1S/C21H28N2O2/c1-16-8-6-9-17(2)21(16)23-20(25)12-7-14-22-19(13-15-24)18-10-4-3-5-11-18/h3-6,8-11,19,22,24H,7,12-15H2,1-2H3,(H,23,25). The van der Waals surface area contributed by atoms with Gasteiger partial charge in [-0.05, 0) is 49.9 Å². The lowest BCUT2D eigenvalue weighted by atomic mass is 10.0. The second-order valence-electron chi connectivity index (χ2n) is 6.35. The van der Waals surface area contributed by atoms with Crippen molar-refractivity contribution in [1.29, 1.82) is 0 Å². The summed E-state index contributed by atoms with van der Waals surface area (Å²) in [6.45, 7) is 4.88. The minimum absolute atomic E-state index is 0.0395. The molecule has 1 amide bonds. The lowest BCUT2D eigenvalue weighted by Gasteiger charge is -2.18. The summed E-state index contributed by atoms with van der Waals surface area (Å²) in [5.41, 5.74) is 4.25. The summed E-state index contributed by atoms with van der Waals surface area (Å²) in [6.07, 6.45) is 1.89. The van der Waals surface area contributed by atoms with Gasteiger partial charge in [0.2, 0.25) is 5.91 Å². The number of rotatable bonds is 9. The number of anilines is 1. The minimum atomic E-state index is 0.0395. The third kappa shape index (κ3) is 6.00. The van der Waals surface area contributed by atoms with Crippen LogP contribution in [-0.2, 0) is 4.79 Å². The molecule has 25 heavy (non-hydrogen) atoms. The van der Waals surface area contributed by atoms with E-state index in [0.717, 1.165) is 35.3 Å². The lowest BCUT2D eigenvalue weighted by molar-refractivity contribution is -0.116. The van der Waals surface area contributed by atoms with Crippen molar-refractivity contribution >= 4 is 11.6 Å². The van der Waals surface area contributed by atoms with E-state index in [2.05, 4.69) is 22.8 Å². The number of carbonyl (C=O) groups is 1. The Morgan fingerprint density at radius 3 is 2.36 bits per heavy atom. The van der Waals surface area contributed by atoms with E-state index in [-0.39, 0.29) is 18.6 Å². The highest BCUT2D eigenvalue weighted by Gasteiger charge is 2.11. The molecule has 134 valence electrons. The molecule has 0 saturated heterocycles. The van der Waals surface area contributed by atoms with Crippen LogP contribution < -0.4 is 10.6 Å². The molecule has 0 bridgehead atoms. The Kier molecular flexibility index (Phi) is 7.64. The summed E-state index contributed by atoms with van der Waals surface area (Å²) in [6, 6.07) is 16.2. The predicted octanol–water partition coefficient (Wildman–Crippen LogP) is 3.74. The van der Waals surface area contributed by atoms with E-state index in [9.17, 15) is 9.90 Å². The fraction of sp³-hybridized carbons (Fsp3) is 0.381. The van der Waals surface area contributed by atoms with Crippen molar-refractivity contribution < 1.29 is 9.90 Å². The van der Waals surface area contributed by atoms with Gasteiger partial charge in [0.1, 0.15) is 0 Å². The Morgan fingerprint density at radius 2 is 1.72 bits per heavy atom. The van der Waals surface area contributed by atoms with Crippen LogP contribution in [0.5, 0.6) is 0 Å². The fourth-order valence-corrected chi connectivity index (χ4v) is 2.94. The summed E-state index contributed by atoms with van der Waals surface area (Å²) in [5, 5.41) is 15.7. The van der Waals surface area contributed by atoms with Crippen LogP contribution in [0.15, 0.2) is 48.5 Å². The summed E-state index contributed by atoms with van der Waals surface area (Å²) in [4.78, 5) is 12.2. The summed E-state index contributed by atoms with van der Waals surface area (Å²) < 4.78 is 0. The molecule has 0 aliphatic rings. The summed E-state index contributed by atoms with van der Waals surface area (Å²) in [7, 11) is 0. The van der Waals surface area contributed by atoms with Gasteiger partial charge < -0.3 is 15.7 Å². The largest absolute Gasteiger partial charge is 0.396 e. The van der Waals surface area contributed by atoms with Gasteiger partial charge in [-0.1, -0.05) is 48.5 Å². The molecule has 0 radical (unpaired) electrons. The van der Waals surface area contributed by atoms with Crippen molar-refractivity contribution in [3.63, 3.8) is 0 Å². The van der Waals surface area contributed by atoms with E-state index in [0.29, 0.717) is 12.8 Å². The number of aliphatic hydroxyl groups is 1. The van der Waals surface area contributed by atoms with Gasteiger partial charge in [-0.15, -0.1) is 0 Å². The van der Waals surface area contributed by atoms with Gasteiger partial charge in [-0.25, -0.2) is 0 Å². The Morgan fingerprint density at radius 1 is 1.04 bits per heavy atom. The molecule has 1 atom stereocenters. The first-order valence-corrected chi connectivity index (χ1v) is 8.87. The van der Waals surface area contributed by atoms with Crippen molar-refractivity contribution in [3.8, 4) is 0 Å². The first-order valence-electron chi connectivity index (χ1n) is 8.87. The molecule has 0 fully saturated rings. The smallest absolute Gasteiger partial charge is 0.224 e. The van der Waals surface area contributed by atoms with E-state index in [1.165, 1.54) is 0 Å². The number of hydrogen-bond acceptors (Lipinski definition) is 3. The maximum absolute atomic E-state index is 12.2. The molecule has 0 aliphatic heterocycles. The molecule has 2 aromatic carbocycles. The van der Waals surface area contributed by atoms with Crippen LogP contribution in [0.3, 0.4) is 0 Å². The second kappa shape index (κ2) is 9.97. The highest BCUT2D eigenvalue weighted by atomic mass is 16.3. The zero-order chi connectivity index (χ0) is 18.1. The Hall–Kier alpha value is -2.17. The molecule has 1 unspecified atom stereocenters. The average Bonchev–Trinajstić information content (AvgIpc) is 2.62. The molecule has 2 rings (SSSR count). The third-order valence-corrected chi connectivity index (χ3v) is 4.34. The van der Waals surface area contributed by atoms with Crippen molar-refractivity contribution in [1.82, 2.24) is 5.32 Å². The zero-order valence-corrected chi connectivity index (χ0v) is 15.1. The number of aliphatic hydroxyl groups excluding tert-OH is 1. The highest BCUT2D eigenvalue weighted by molar-refractivity contribution is 5.92. The molecule has 0 spiro atoms. The Balaban J connectivity index is 1.78. The van der Waals surface area contributed by atoms with Crippen LogP contribution in [-0.4, -0.2) is 24.2 Å². The first kappa shape index (κ1) is 19.2. The number of amides is 1. The molecule has 2 aromatic rings. The van der Waals surface area contributed by atoms with E-state index >= 15 is 0 Å². The topological polar surface area (TPSA) is 61.4 Å². The first-order chi connectivity index (χ1) is 12.1. The highest BCUT2D eigenvalue weighted by Crippen LogP contribution is 2.20. The fourth-order valence-electron chi connectivity index (χ4n) is 2.94. The van der Waals surface area contributed by atoms with Gasteiger partial charge in [0, 0.05) is 24.8 Å². The Labute approximate surface area is 150 Å². The number of hydrogen-bond donors (Lipinski definition) is 3. The summed E-state index contributed by atoms with van der Waals surface area (Å²) in [5.74, 6) is 0.0395. The van der Waals surface area contributed by atoms with Gasteiger partial charge in [0.15, 0.2) is 0 Å². The van der Waals surface area contributed by atoms with Crippen LogP contribution >= 0.6 is 0 Å². The monoisotopic (exact) mass is 340 g/mol. The molecule has 0 aliphatic carbocycles. The zero-order valence-electron chi connectivity index (χ0n) is 15.1. The quantitative estimate of drug-likeness (QED) is 0.610. The minimum Gasteiger partial charge on any atom is -0.396 e. The van der Waals surface area contributed by atoms with Gasteiger partial charge >= 0.3 is 0 Å². The second-order valence-corrected chi connectivity index (χ2v) is 6.35. The number of para-hydroxylation sites is 1. The van der Waals surface area contributed by atoms with Crippen LogP contribution in [0, 0.1) is 13.8 Å². The summed E-state index contributed by atoms with van der Waals surface area (Å²) >= 11 is 0. The van der Waals surface area contributed by atoms with E-state index in [4.69, 9.17) is 0 Å². The third-order valence-electron chi connectivity index (χ3n) is 4.34.